The summed E-state index contributed by atoms with van der Waals surface area (Å²) in [5.74, 6) is 0. The molecule has 0 radical (unpaired) electrons. The molecule has 0 spiro atoms. The van der Waals surface area contributed by atoms with Crippen molar-refractivity contribution < 1.29 is 4.92 Å². The monoisotopic (exact) mass is 277 g/mol. The smallest absolute Gasteiger partial charge is 0.258 e. The Kier molecular flexibility index (Phi) is 2.66. The first-order valence-electron chi connectivity index (χ1n) is 3.43. The molecular weight excluding hydrogens is 269 g/mol. The standard InChI is InChI=1S/C8H8INO2/c1-5-3-7(9)6(2)8(4-5)10(11)12/h3-4H,1-2H3. The zero-order valence-corrected chi connectivity index (χ0v) is 8.95. The SMILES string of the molecule is Cc1cc(I)c(C)c([N+](=O)[O-])c1. The maximum absolute atomic E-state index is 10.5. The minimum Gasteiger partial charge on any atom is -0.258 e. The molecule has 1 aromatic rings. The third kappa shape index (κ3) is 1.74. The van der Waals surface area contributed by atoms with Crippen LogP contribution in [-0.4, -0.2) is 4.92 Å². The van der Waals surface area contributed by atoms with Crippen LogP contribution in [0, 0.1) is 27.5 Å². The van der Waals surface area contributed by atoms with E-state index in [2.05, 4.69) is 22.6 Å². The van der Waals surface area contributed by atoms with E-state index in [1.54, 1.807) is 13.0 Å². The van der Waals surface area contributed by atoms with Crippen LogP contribution < -0.4 is 0 Å². The molecule has 64 valence electrons. The van der Waals surface area contributed by atoms with Crippen LogP contribution in [0.5, 0.6) is 0 Å². The number of hydrogen-bond donors (Lipinski definition) is 0. The Morgan fingerprint density at radius 3 is 2.50 bits per heavy atom. The molecule has 12 heavy (non-hydrogen) atoms. The quantitative estimate of drug-likeness (QED) is 0.450. The van der Waals surface area contributed by atoms with Gasteiger partial charge in [-0.3, -0.25) is 10.1 Å². The van der Waals surface area contributed by atoms with Crippen molar-refractivity contribution in [3.8, 4) is 0 Å². The van der Waals surface area contributed by atoms with Gasteiger partial charge in [0.15, 0.2) is 0 Å². The van der Waals surface area contributed by atoms with Gasteiger partial charge in [-0.25, -0.2) is 0 Å². The Bertz CT molecular complexity index is 336. The Morgan fingerprint density at radius 1 is 1.42 bits per heavy atom. The zero-order chi connectivity index (χ0) is 9.30. The van der Waals surface area contributed by atoms with Gasteiger partial charge in [-0.1, -0.05) is 0 Å². The highest BCUT2D eigenvalue weighted by atomic mass is 127. The Hall–Kier alpha value is -0.650. The number of halogens is 1. The summed E-state index contributed by atoms with van der Waals surface area (Å²) in [5.41, 5.74) is 1.88. The molecule has 0 aliphatic carbocycles. The summed E-state index contributed by atoms with van der Waals surface area (Å²) < 4.78 is 0.944. The van der Waals surface area contributed by atoms with Crippen LogP contribution in [0.1, 0.15) is 11.1 Å². The summed E-state index contributed by atoms with van der Waals surface area (Å²) in [6.45, 7) is 3.62. The highest BCUT2D eigenvalue weighted by Crippen LogP contribution is 2.24. The van der Waals surface area contributed by atoms with Gasteiger partial charge in [-0.15, -0.1) is 0 Å². The average Bonchev–Trinajstić information content (AvgIpc) is 1.96. The van der Waals surface area contributed by atoms with Gasteiger partial charge in [0.25, 0.3) is 5.69 Å². The van der Waals surface area contributed by atoms with Gasteiger partial charge >= 0.3 is 0 Å². The fourth-order valence-corrected chi connectivity index (χ4v) is 1.75. The Morgan fingerprint density at radius 2 is 2.00 bits per heavy atom. The third-order valence-corrected chi connectivity index (χ3v) is 2.78. The van der Waals surface area contributed by atoms with Crippen LogP contribution in [0.15, 0.2) is 12.1 Å². The van der Waals surface area contributed by atoms with Gasteiger partial charge in [-0.05, 0) is 48.1 Å². The molecule has 0 saturated carbocycles. The molecule has 0 bridgehead atoms. The number of nitro groups is 1. The lowest BCUT2D eigenvalue weighted by Gasteiger charge is -2.00. The van der Waals surface area contributed by atoms with Crippen molar-refractivity contribution in [3.05, 3.63) is 36.9 Å². The predicted octanol–water partition coefficient (Wildman–Crippen LogP) is 2.82. The fourth-order valence-electron chi connectivity index (χ4n) is 0.986. The molecule has 0 saturated heterocycles. The van der Waals surface area contributed by atoms with Crippen molar-refractivity contribution >= 4 is 28.3 Å². The highest BCUT2D eigenvalue weighted by Gasteiger charge is 2.12. The molecule has 0 fully saturated rings. The minimum atomic E-state index is -0.343. The summed E-state index contributed by atoms with van der Waals surface area (Å²) in [5, 5.41) is 10.5. The Balaban J connectivity index is 3.37. The second-order valence-electron chi connectivity index (χ2n) is 2.65. The van der Waals surface area contributed by atoms with Gasteiger partial charge in [0.2, 0.25) is 0 Å². The molecule has 0 aliphatic rings. The number of hydrogen-bond acceptors (Lipinski definition) is 2. The van der Waals surface area contributed by atoms with Crippen molar-refractivity contribution in [2.75, 3.05) is 0 Å². The number of aryl methyl sites for hydroxylation is 1. The molecule has 1 rings (SSSR count). The van der Waals surface area contributed by atoms with E-state index in [9.17, 15) is 10.1 Å². The number of benzene rings is 1. The van der Waals surface area contributed by atoms with Gasteiger partial charge in [0.05, 0.1) is 4.92 Å². The highest BCUT2D eigenvalue weighted by molar-refractivity contribution is 14.1. The number of nitro benzene ring substituents is 1. The first kappa shape index (κ1) is 9.44. The van der Waals surface area contributed by atoms with E-state index in [4.69, 9.17) is 0 Å². The first-order chi connectivity index (χ1) is 5.52. The lowest BCUT2D eigenvalue weighted by atomic mass is 10.1. The molecule has 3 nitrogen and oxygen atoms in total. The van der Waals surface area contributed by atoms with E-state index < -0.39 is 0 Å². The summed E-state index contributed by atoms with van der Waals surface area (Å²) in [4.78, 5) is 10.2. The summed E-state index contributed by atoms with van der Waals surface area (Å²) in [6, 6.07) is 3.53. The van der Waals surface area contributed by atoms with Crippen LogP contribution in [0.4, 0.5) is 5.69 Å². The van der Waals surface area contributed by atoms with E-state index in [0.29, 0.717) is 0 Å². The van der Waals surface area contributed by atoms with Crippen LogP contribution in [0.2, 0.25) is 0 Å². The maximum Gasteiger partial charge on any atom is 0.273 e. The van der Waals surface area contributed by atoms with Crippen LogP contribution in [-0.2, 0) is 0 Å². The van der Waals surface area contributed by atoms with E-state index >= 15 is 0 Å². The van der Waals surface area contributed by atoms with E-state index in [1.807, 2.05) is 13.0 Å². The second kappa shape index (κ2) is 3.38. The third-order valence-electron chi connectivity index (χ3n) is 1.66. The van der Waals surface area contributed by atoms with E-state index in [0.717, 1.165) is 14.7 Å². The molecule has 0 N–H and O–H groups in total. The largest absolute Gasteiger partial charge is 0.273 e. The topological polar surface area (TPSA) is 43.1 Å². The van der Waals surface area contributed by atoms with Gasteiger partial charge in [0.1, 0.15) is 0 Å². The molecular formula is C8H8INO2. The zero-order valence-electron chi connectivity index (χ0n) is 6.80. The Labute approximate surface area is 84.1 Å². The van der Waals surface area contributed by atoms with Crippen molar-refractivity contribution in [1.29, 1.82) is 0 Å². The molecule has 1 aromatic carbocycles. The summed E-state index contributed by atoms with van der Waals surface area (Å²) in [6.07, 6.45) is 0. The molecule has 0 heterocycles. The lowest BCUT2D eigenvalue weighted by Crippen LogP contribution is -1.94. The lowest BCUT2D eigenvalue weighted by molar-refractivity contribution is -0.385. The van der Waals surface area contributed by atoms with Crippen LogP contribution >= 0.6 is 22.6 Å². The van der Waals surface area contributed by atoms with Crippen molar-refractivity contribution in [1.82, 2.24) is 0 Å². The fraction of sp³-hybridized carbons (Fsp3) is 0.250. The molecule has 0 amide bonds. The van der Waals surface area contributed by atoms with E-state index in [1.165, 1.54) is 0 Å². The summed E-state index contributed by atoms with van der Waals surface area (Å²) in [7, 11) is 0. The number of rotatable bonds is 1. The van der Waals surface area contributed by atoms with Gasteiger partial charge in [-0.2, -0.15) is 0 Å². The molecule has 4 heteroatoms. The predicted molar refractivity (Wildman–Crippen MR) is 55.3 cm³/mol. The second-order valence-corrected chi connectivity index (χ2v) is 3.81. The van der Waals surface area contributed by atoms with Crippen LogP contribution in [0.25, 0.3) is 0 Å². The van der Waals surface area contributed by atoms with Gasteiger partial charge in [0, 0.05) is 15.2 Å². The molecule has 0 aliphatic heterocycles. The molecule has 0 unspecified atom stereocenters. The normalized spacial score (nSPS) is 9.92. The minimum absolute atomic E-state index is 0.208. The van der Waals surface area contributed by atoms with Crippen molar-refractivity contribution in [2.24, 2.45) is 0 Å². The van der Waals surface area contributed by atoms with Crippen molar-refractivity contribution in [2.45, 2.75) is 13.8 Å². The summed E-state index contributed by atoms with van der Waals surface area (Å²) >= 11 is 2.10. The van der Waals surface area contributed by atoms with Crippen LogP contribution in [0.3, 0.4) is 0 Å². The average molecular weight is 277 g/mol. The maximum atomic E-state index is 10.5. The number of nitrogens with zero attached hydrogens (tertiary/aromatic N) is 1. The van der Waals surface area contributed by atoms with Crippen molar-refractivity contribution in [3.63, 3.8) is 0 Å². The van der Waals surface area contributed by atoms with Gasteiger partial charge < -0.3 is 0 Å². The first-order valence-corrected chi connectivity index (χ1v) is 4.51. The molecule has 0 aromatic heterocycles. The van der Waals surface area contributed by atoms with E-state index in [-0.39, 0.29) is 10.6 Å². The molecule has 0 atom stereocenters.